The summed E-state index contributed by atoms with van der Waals surface area (Å²) in [5, 5.41) is 3.17. The fourth-order valence-corrected chi connectivity index (χ4v) is 2.98. The topological polar surface area (TPSA) is 29.1 Å². The number of rotatable bonds is 2. The van der Waals surface area contributed by atoms with Crippen LogP contribution in [-0.2, 0) is 17.6 Å². The Morgan fingerprint density at radius 2 is 1.89 bits per heavy atom. The van der Waals surface area contributed by atoms with Gasteiger partial charge in [-0.15, -0.1) is 0 Å². The molecule has 0 aromatic heterocycles. The second-order valence-corrected chi connectivity index (χ2v) is 5.35. The highest BCUT2D eigenvalue weighted by Gasteiger charge is 2.27. The Labute approximate surface area is 108 Å². The molecule has 0 bridgehead atoms. The van der Waals surface area contributed by atoms with Gasteiger partial charge in [0.25, 0.3) is 0 Å². The minimum Gasteiger partial charge on any atom is -0.350 e. The van der Waals surface area contributed by atoms with Crippen molar-refractivity contribution in [2.75, 3.05) is 0 Å². The second kappa shape index (κ2) is 4.97. The molecule has 0 radical (unpaired) electrons. The number of amides is 1. The first-order valence-corrected chi connectivity index (χ1v) is 6.87. The molecule has 1 unspecified atom stereocenters. The zero-order valence-electron chi connectivity index (χ0n) is 10.6. The molecule has 2 heteroatoms. The highest BCUT2D eigenvalue weighted by molar-refractivity contribution is 5.80. The van der Waals surface area contributed by atoms with Crippen LogP contribution in [0, 0.1) is 5.92 Å². The molecule has 1 aromatic carbocycles. The molecule has 2 aliphatic rings. The molecule has 1 aromatic rings. The third-order valence-corrected chi connectivity index (χ3v) is 4.00. The molecule has 0 saturated carbocycles. The largest absolute Gasteiger partial charge is 0.350 e. The normalized spacial score (nSPS) is 22.8. The summed E-state index contributed by atoms with van der Waals surface area (Å²) in [4.78, 5) is 12.2. The third-order valence-electron chi connectivity index (χ3n) is 4.00. The SMILES string of the molecule is O=C(NC1C=CCCC1)C1Cc2ccccc2C1. The van der Waals surface area contributed by atoms with Crippen LogP contribution < -0.4 is 5.32 Å². The lowest BCUT2D eigenvalue weighted by atomic mass is 10.0. The molecule has 0 fully saturated rings. The first-order valence-electron chi connectivity index (χ1n) is 6.87. The summed E-state index contributed by atoms with van der Waals surface area (Å²) in [5.41, 5.74) is 2.69. The Kier molecular flexibility index (Phi) is 3.18. The van der Waals surface area contributed by atoms with Gasteiger partial charge < -0.3 is 5.32 Å². The van der Waals surface area contributed by atoms with Crippen molar-refractivity contribution in [1.82, 2.24) is 5.32 Å². The number of carbonyl (C=O) groups excluding carboxylic acids is 1. The molecule has 0 saturated heterocycles. The lowest BCUT2D eigenvalue weighted by Crippen LogP contribution is -2.38. The quantitative estimate of drug-likeness (QED) is 0.792. The van der Waals surface area contributed by atoms with Crippen LogP contribution in [-0.4, -0.2) is 11.9 Å². The predicted molar refractivity (Wildman–Crippen MR) is 72.3 cm³/mol. The Hall–Kier alpha value is -1.57. The van der Waals surface area contributed by atoms with Crippen molar-refractivity contribution < 1.29 is 4.79 Å². The van der Waals surface area contributed by atoms with Crippen LogP contribution in [0.5, 0.6) is 0 Å². The lowest BCUT2D eigenvalue weighted by molar-refractivity contribution is -0.125. The van der Waals surface area contributed by atoms with Gasteiger partial charge in [0.2, 0.25) is 5.91 Å². The molecular formula is C16H19NO. The van der Waals surface area contributed by atoms with Crippen LogP contribution in [0.15, 0.2) is 36.4 Å². The standard InChI is InChI=1S/C16H19NO/c18-16(17-15-8-2-1-3-9-15)14-10-12-6-4-5-7-13(12)11-14/h2,4-8,14-15H,1,3,9-11H2,(H,17,18). The van der Waals surface area contributed by atoms with E-state index in [1.165, 1.54) is 17.5 Å². The molecule has 3 rings (SSSR count). The van der Waals surface area contributed by atoms with E-state index in [1.54, 1.807) is 0 Å². The van der Waals surface area contributed by atoms with Crippen LogP contribution in [0.2, 0.25) is 0 Å². The molecule has 94 valence electrons. The van der Waals surface area contributed by atoms with Gasteiger partial charge >= 0.3 is 0 Å². The third kappa shape index (κ3) is 2.33. The van der Waals surface area contributed by atoms with Crippen molar-refractivity contribution in [2.24, 2.45) is 5.92 Å². The number of hydrogen-bond donors (Lipinski definition) is 1. The molecule has 2 nitrogen and oxygen atoms in total. The summed E-state index contributed by atoms with van der Waals surface area (Å²) in [7, 11) is 0. The zero-order valence-corrected chi connectivity index (χ0v) is 10.6. The van der Waals surface area contributed by atoms with Crippen molar-refractivity contribution >= 4 is 5.91 Å². The van der Waals surface area contributed by atoms with Crippen molar-refractivity contribution in [3.8, 4) is 0 Å². The van der Waals surface area contributed by atoms with E-state index in [4.69, 9.17) is 0 Å². The first kappa shape index (κ1) is 11.5. The number of allylic oxidation sites excluding steroid dienone is 1. The predicted octanol–water partition coefficient (Wildman–Crippen LogP) is 2.63. The van der Waals surface area contributed by atoms with Crippen LogP contribution in [0.1, 0.15) is 30.4 Å². The van der Waals surface area contributed by atoms with Crippen molar-refractivity contribution in [3.05, 3.63) is 47.5 Å². The molecule has 2 aliphatic carbocycles. The highest BCUT2D eigenvalue weighted by Crippen LogP contribution is 2.26. The smallest absolute Gasteiger partial charge is 0.224 e. The van der Waals surface area contributed by atoms with Gasteiger partial charge in [0.15, 0.2) is 0 Å². The summed E-state index contributed by atoms with van der Waals surface area (Å²) < 4.78 is 0. The number of fused-ring (bicyclic) bond motifs is 1. The maximum absolute atomic E-state index is 12.2. The van der Waals surface area contributed by atoms with Crippen molar-refractivity contribution in [3.63, 3.8) is 0 Å². The van der Waals surface area contributed by atoms with Crippen LogP contribution in [0.25, 0.3) is 0 Å². The van der Waals surface area contributed by atoms with Gasteiger partial charge in [-0.3, -0.25) is 4.79 Å². The van der Waals surface area contributed by atoms with Gasteiger partial charge in [0, 0.05) is 12.0 Å². The summed E-state index contributed by atoms with van der Waals surface area (Å²) in [6.07, 6.45) is 9.55. The zero-order chi connectivity index (χ0) is 12.4. The molecule has 18 heavy (non-hydrogen) atoms. The fourth-order valence-electron chi connectivity index (χ4n) is 2.98. The summed E-state index contributed by atoms with van der Waals surface area (Å²) in [6.45, 7) is 0. The van der Waals surface area contributed by atoms with E-state index in [1.807, 2.05) is 0 Å². The Bertz CT molecular complexity index is 453. The fraction of sp³-hybridized carbons (Fsp3) is 0.438. The number of benzene rings is 1. The number of nitrogens with one attached hydrogen (secondary N) is 1. The van der Waals surface area contributed by atoms with E-state index < -0.39 is 0 Å². The van der Waals surface area contributed by atoms with Gasteiger partial charge in [0.1, 0.15) is 0 Å². The first-order chi connectivity index (χ1) is 8.83. The van der Waals surface area contributed by atoms with E-state index in [9.17, 15) is 4.79 Å². The molecule has 0 heterocycles. The summed E-state index contributed by atoms with van der Waals surface area (Å²) >= 11 is 0. The van der Waals surface area contributed by atoms with E-state index in [0.717, 1.165) is 25.7 Å². The van der Waals surface area contributed by atoms with Gasteiger partial charge in [-0.1, -0.05) is 36.4 Å². The van der Waals surface area contributed by atoms with E-state index in [2.05, 4.69) is 41.7 Å². The summed E-state index contributed by atoms with van der Waals surface area (Å²) in [6, 6.07) is 8.66. The number of carbonyl (C=O) groups is 1. The van der Waals surface area contributed by atoms with Crippen molar-refractivity contribution in [2.45, 2.75) is 38.1 Å². The minimum atomic E-state index is 0.137. The van der Waals surface area contributed by atoms with E-state index >= 15 is 0 Å². The Balaban J connectivity index is 1.62. The monoisotopic (exact) mass is 241 g/mol. The Morgan fingerprint density at radius 1 is 1.17 bits per heavy atom. The molecular weight excluding hydrogens is 222 g/mol. The van der Waals surface area contributed by atoms with E-state index in [0.29, 0.717) is 0 Å². The highest BCUT2D eigenvalue weighted by atomic mass is 16.1. The van der Waals surface area contributed by atoms with Gasteiger partial charge in [-0.25, -0.2) is 0 Å². The van der Waals surface area contributed by atoms with Crippen LogP contribution in [0.4, 0.5) is 0 Å². The average Bonchev–Trinajstić information content (AvgIpc) is 2.84. The van der Waals surface area contributed by atoms with Crippen molar-refractivity contribution in [1.29, 1.82) is 0 Å². The second-order valence-electron chi connectivity index (χ2n) is 5.35. The lowest BCUT2D eigenvalue weighted by Gasteiger charge is -2.20. The Morgan fingerprint density at radius 3 is 2.50 bits per heavy atom. The van der Waals surface area contributed by atoms with Gasteiger partial charge in [0.05, 0.1) is 0 Å². The summed E-state index contributed by atoms with van der Waals surface area (Å²) in [5.74, 6) is 0.362. The molecule has 0 spiro atoms. The minimum absolute atomic E-state index is 0.137. The molecule has 1 atom stereocenters. The van der Waals surface area contributed by atoms with E-state index in [-0.39, 0.29) is 17.9 Å². The van der Waals surface area contributed by atoms with Crippen LogP contribution >= 0.6 is 0 Å². The van der Waals surface area contributed by atoms with Gasteiger partial charge in [-0.05, 0) is 43.2 Å². The average molecular weight is 241 g/mol. The molecule has 1 N–H and O–H groups in total. The maximum atomic E-state index is 12.2. The van der Waals surface area contributed by atoms with Gasteiger partial charge in [-0.2, -0.15) is 0 Å². The van der Waals surface area contributed by atoms with Crippen LogP contribution in [0.3, 0.4) is 0 Å². The number of hydrogen-bond acceptors (Lipinski definition) is 1. The molecule has 0 aliphatic heterocycles. The maximum Gasteiger partial charge on any atom is 0.224 e. The molecule has 1 amide bonds.